The molecule has 1 nitrogen and oxygen atoms in total. The maximum atomic E-state index is 5.54. The van der Waals surface area contributed by atoms with Crippen molar-refractivity contribution in [1.82, 2.24) is 0 Å². The molecule has 12 heavy (non-hydrogen) atoms. The van der Waals surface area contributed by atoms with Crippen LogP contribution in [0.3, 0.4) is 0 Å². The van der Waals surface area contributed by atoms with Crippen LogP contribution >= 0.6 is 0 Å². The average Bonchev–Trinajstić information content (AvgIpc) is 2.81. The summed E-state index contributed by atoms with van der Waals surface area (Å²) in [6, 6.07) is 0. The van der Waals surface area contributed by atoms with Crippen LogP contribution in [0.2, 0.25) is 0 Å². The Labute approximate surface area is 76.5 Å². The fourth-order valence-electron chi connectivity index (χ4n) is 1.63. The maximum Gasteiger partial charge on any atom is 0.0841 e. The largest absolute Gasteiger partial charge is 0.370 e. The third-order valence-electron chi connectivity index (χ3n) is 2.52. The van der Waals surface area contributed by atoms with Crippen molar-refractivity contribution in [3.8, 4) is 0 Å². The highest BCUT2D eigenvalue weighted by molar-refractivity contribution is 4.84. The number of rotatable bonds is 7. The van der Waals surface area contributed by atoms with Crippen molar-refractivity contribution < 1.29 is 4.74 Å². The van der Waals surface area contributed by atoms with Gasteiger partial charge in [-0.15, -0.1) is 0 Å². The van der Waals surface area contributed by atoms with Gasteiger partial charge in [-0.3, -0.25) is 0 Å². The van der Waals surface area contributed by atoms with E-state index in [0.717, 1.165) is 6.42 Å². The van der Waals surface area contributed by atoms with Crippen LogP contribution in [0.1, 0.15) is 51.9 Å². The van der Waals surface area contributed by atoms with Crippen molar-refractivity contribution in [2.45, 2.75) is 64.1 Å². The summed E-state index contributed by atoms with van der Waals surface area (Å²) in [6.45, 7) is 6.07. The van der Waals surface area contributed by atoms with Gasteiger partial charge in [-0.05, 0) is 12.8 Å². The van der Waals surface area contributed by atoms with Crippen molar-refractivity contribution in [2.75, 3.05) is 0 Å². The molecule has 0 amide bonds. The lowest BCUT2D eigenvalue weighted by Crippen LogP contribution is -1.93. The Kier molecular flexibility index (Phi) is 4.67. The molecule has 0 spiro atoms. The van der Waals surface area contributed by atoms with E-state index in [-0.39, 0.29) is 0 Å². The van der Waals surface area contributed by atoms with E-state index in [1.807, 2.05) is 0 Å². The van der Waals surface area contributed by atoms with E-state index in [4.69, 9.17) is 4.74 Å². The van der Waals surface area contributed by atoms with Crippen molar-refractivity contribution in [3.05, 3.63) is 6.92 Å². The molecule has 0 aromatic carbocycles. The standard InChI is InChI=1S/C11H21O/c1-3-5-7-9-11-10(12-11)8-6-4-2/h10-11H,2-9H2,1H3. The Hall–Kier alpha value is -0.0400. The van der Waals surface area contributed by atoms with Crippen LogP contribution in [-0.4, -0.2) is 12.2 Å². The fraction of sp³-hybridized carbons (Fsp3) is 0.909. The van der Waals surface area contributed by atoms with E-state index >= 15 is 0 Å². The normalized spacial score (nSPS) is 27.5. The molecule has 1 aliphatic rings. The smallest absolute Gasteiger partial charge is 0.0841 e. The summed E-state index contributed by atoms with van der Waals surface area (Å²) in [6.07, 6.45) is 10.1. The predicted molar refractivity (Wildman–Crippen MR) is 52.0 cm³/mol. The molecule has 1 heteroatoms. The van der Waals surface area contributed by atoms with Gasteiger partial charge in [0.15, 0.2) is 0 Å². The van der Waals surface area contributed by atoms with Crippen molar-refractivity contribution in [3.63, 3.8) is 0 Å². The fourth-order valence-corrected chi connectivity index (χ4v) is 1.63. The van der Waals surface area contributed by atoms with E-state index in [1.54, 1.807) is 0 Å². The van der Waals surface area contributed by atoms with Crippen LogP contribution in [0.5, 0.6) is 0 Å². The zero-order chi connectivity index (χ0) is 8.81. The van der Waals surface area contributed by atoms with Gasteiger partial charge in [0.2, 0.25) is 0 Å². The molecule has 0 aromatic heterocycles. The summed E-state index contributed by atoms with van der Waals surface area (Å²) in [4.78, 5) is 0. The molecular weight excluding hydrogens is 148 g/mol. The quantitative estimate of drug-likeness (QED) is 0.420. The highest BCUT2D eigenvalue weighted by Crippen LogP contribution is 2.31. The lowest BCUT2D eigenvalue weighted by molar-refractivity contribution is 0.350. The zero-order valence-electron chi connectivity index (χ0n) is 8.22. The molecule has 0 bridgehead atoms. The Balaban J connectivity index is 1.86. The van der Waals surface area contributed by atoms with E-state index < -0.39 is 0 Å². The SMILES string of the molecule is [CH2]CCCC1OC1CCCCC. The Morgan fingerprint density at radius 3 is 2.33 bits per heavy atom. The Bertz CT molecular complexity index is 112. The summed E-state index contributed by atoms with van der Waals surface area (Å²) in [5.41, 5.74) is 0. The Morgan fingerprint density at radius 2 is 1.75 bits per heavy atom. The molecule has 1 rings (SSSR count). The number of ether oxygens (including phenoxy) is 1. The van der Waals surface area contributed by atoms with E-state index in [2.05, 4.69) is 13.8 Å². The predicted octanol–water partition coefficient (Wildman–Crippen LogP) is 3.34. The van der Waals surface area contributed by atoms with Gasteiger partial charge in [0.05, 0.1) is 12.2 Å². The monoisotopic (exact) mass is 169 g/mol. The van der Waals surface area contributed by atoms with Gasteiger partial charge in [-0.1, -0.05) is 46.0 Å². The minimum Gasteiger partial charge on any atom is -0.370 e. The number of hydrogen-bond donors (Lipinski definition) is 0. The second-order valence-corrected chi connectivity index (χ2v) is 3.70. The van der Waals surface area contributed by atoms with Crippen LogP contribution in [0.25, 0.3) is 0 Å². The number of unbranched alkanes of at least 4 members (excludes halogenated alkanes) is 3. The number of epoxide rings is 1. The van der Waals surface area contributed by atoms with Gasteiger partial charge in [-0.2, -0.15) is 0 Å². The van der Waals surface area contributed by atoms with Gasteiger partial charge >= 0.3 is 0 Å². The third-order valence-corrected chi connectivity index (χ3v) is 2.52. The van der Waals surface area contributed by atoms with E-state index in [9.17, 15) is 0 Å². The van der Waals surface area contributed by atoms with Crippen molar-refractivity contribution in [2.24, 2.45) is 0 Å². The molecule has 1 aliphatic heterocycles. The molecule has 0 saturated carbocycles. The first-order valence-electron chi connectivity index (χ1n) is 5.33. The van der Waals surface area contributed by atoms with Crippen LogP contribution in [-0.2, 0) is 4.74 Å². The lowest BCUT2D eigenvalue weighted by Gasteiger charge is -1.94. The molecule has 0 aromatic rings. The molecule has 2 unspecified atom stereocenters. The van der Waals surface area contributed by atoms with Gasteiger partial charge in [-0.25, -0.2) is 0 Å². The van der Waals surface area contributed by atoms with Gasteiger partial charge < -0.3 is 4.74 Å². The van der Waals surface area contributed by atoms with Crippen LogP contribution in [0.15, 0.2) is 0 Å². The van der Waals surface area contributed by atoms with Crippen molar-refractivity contribution in [1.29, 1.82) is 0 Å². The number of hydrogen-bond acceptors (Lipinski definition) is 1. The minimum atomic E-state index is 0.601. The van der Waals surface area contributed by atoms with Gasteiger partial charge in [0.25, 0.3) is 0 Å². The van der Waals surface area contributed by atoms with Gasteiger partial charge in [0, 0.05) is 0 Å². The maximum absolute atomic E-state index is 5.54. The first-order valence-corrected chi connectivity index (χ1v) is 5.33. The summed E-state index contributed by atoms with van der Waals surface area (Å²) >= 11 is 0. The molecule has 1 radical (unpaired) electrons. The lowest BCUT2D eigenvalue weighted by atomic mass is 10.1. The molecule has 1 saturated heterocycles. The topological polar surface area (TPSA) is 12.5 Å². The molecule has 1 heterocycles. The zero-order valence-corrected chi connectivity index (χ0v) is 8.22. The van der Waals surface area contributed by atoms with E-state index in [1.165, 1.54) is 38.5 Å². The molecule has 1 fully saturated rings. The second kappa shape index (κ2) is 5.58. The van der Waals surface area contributed by atoms with Crippen molar-refractivity contribution >= 4 is 0 Å². The second-order valence-electron chi connectivity index (χ2n) is 3.70. The molecule has 2 atom stereocenters. The first-order chi connectivity index (χ1) is 5.88. The van der Waals surface area contributed by atoms with Crippen LogP contribution in [0.4, 0.5) is 0 Å². The highest BCUT2D eigenvalue weighted by Gasteiger charge is 2.36. The van der Waals surface area contributed by atoms with Crippen LogP contribution < -0.4 is 0 Å². The average molecular weight is 169 g/mol. The highest BCUT2D eigenvalue weighted by atomic mass is 16.6. The van der Waals surface area contributed by atoms with Gasteiger partial charge in [0.1, 0.15) is 0 Å². The molecule has 0 aliphatic carbocycles. The third kappa shape index (κ3) is 3.57. The molecular formula is C11H21O. The van der Waals surface area contributed by atoms with E-state index in [0.29, 0.717) is 12.2 Å². The Morgan fingerprint density at radius 1 is 1.08 bits per heavy atom. The minimum absolute atomic E-state index is 0.601. The van der Waals surface area contributed by atoms with Crippen LogP contribution in [0, 0.1) is 6.92 Å². The summed E-state index contributed by atoms with van der Waals surface area (Å²) in [5, 5.41) is 0. The summed E-state index contributed by atoms with van der Waals surface area (Å²) < 4.78 is 5.54. The molecule has 0 N–H and O–H groups in total. The summed E-state index contributed by atoms with van der Waals surface area (Å²) in [7, 11) is 0. The molecule has 71 valence electrons. The summed E-state index contributed by atoms with van der Waals surface area (Å²) in [5.74, 6) is 0. The first kappa shape index (κ1) is 10.0.